The van der Waals surface area contributed by atoms with E-state index in [1.54, 1.807) is 18.2 Å². The molecule has 3 atom stereocenters. The molecule has 0 spiro atoms. The fourth-order valence-electron chi connectivity index (χ4n) is 3.44. The fraction of sp³-hybridized carbons (Fsp3) is 0.609. The molecule has 1 saturated heterocycles. The molecule has 1 aromatic carbocycles. The molecule has 4 N–H and O–H groups in total. The summed E-state index contributed by atoms with van der Waals surface area (Å²) in [5.41, 5.74) is 0.139. The Balaban J connectivity index is 2.07. The maximum atomic E-state index is 12.8. The minimum absolute atomic E-state index is 0.0922. The number of carbonyl (C=O) groups is 3. The Kier molecular flexibility index (Phi) is 8.73. The first-order chi connectivity index (χ1) is 14.6. The van der Waals surface area contributed by atoms with Gasteiger partial charge in [0.1, 0.15) is 6.04 Å². The van der Waals surface area contributed by atoms with Gasteiger partial charge in [-0.05, 0) is 42.4 Å². The number of ketones is 1. The maximum absolute atomic E-state index is 12.8. The Morgan fingerprint density at radius 2 is 1.74 bits per heavy atom. The van der Waals surface area contributed by atoms with Crippen molar-refractivity contribution in [2.75, 3.05) is 19.8 Å². The van der Waals surface area contributed by atoms with Gasteiger partial charge in [0.05, 0.1) is 25.9 Å². The van der Waals surface area contributed by atoms with Crippen molar-refractivity contribution in [2.45, 2.75) is 58.2 Å². The summed E-state index contributed by atoms with van der Waals surface area (Å²) in [5.74, 6) is -1.02. The molecule has 2 rings (SSSR count). The maximum Gasteiger partial charge on any atom is 0.252 e. The summed E-state index contributed by atoms with van der Waals surface area (Å²) in [4.78, 5) is 38.2. The van der Waals surface area contributed by atoms with Gasteiger partial charge in [-0.25, -0.2) is 0 Å². The molecule has 8 nitrogen and oxygen atoms in total. The summed E-state index contributed by atoms with van der Waals surface area (Å²) in [6, 6.07) is 5.03. The van der Waals surface area contributed by atoms with Crippen molar-refractivity contribution in [3.63, 3.8) is 0 Å². The number of aliphatic hydroxyl groups is 2. The number of rotatable bonds is 12. The van der Waals surface area contributed by atoms with Crippen LogP contribution in [-0.4, -0.2) is 65.3 Å². The first-order valence-corrected chi connectivity index (χ1v) is 10.7. The van der Waals surface area contributed by atoms with Crippen LogP contribution >= 0.6 is 0 Å². The van der Waals surface area contributed by atoms with Crippen molar-refractivity contribution in [2.24, 2.45) is 11.8 Å². The van der Waals surface area contributed by atoms with E-state index in [0.29, 0.717) is 17.9 Å². The molecule has 2 unspecified atom stereocenters. The summed E-state index contributed by atoms with van der Waals surface area (Å²) in [6.07, 6.45) is 1.16. The van der Waals surface area contributed by atoms with Crippen molar-refractivity contribution in [3.8, 4) is 0 Å². The SMILES string of the molecule is CC(C)Cc1cccc(C(=O)N[C@@H](CO)C(=O)NC(CC(C)C)C(=O)C2(CO)CO2)c1. The third kappa shape index (κ3) is 6.85. The quantitative estimate of drug-likeness (QED) is 0.361. The zero-order chi connectivity index (χ0) is 23.2. The van der Waals surface area contributed by atoms with Gasteiger partial charge in [-0.15, -0.1) is 0 Å². The van der Waals surface area contributed by atoms with E-state index in [1.807, 2.05) is 19.9 Å². The average Bonchev–Trinajstić information content (AvgIpc) is 3.51. The van der Waals surface area contributed by atoms with Crippen LogP contribution in [0.3, 0.4) is 0 Å². The smallest absolute Gasteiger partial charge is 0.252 e. The van der Waals surface area contributed by atoms with Crippen molar-refractivity contribution >= 4 is 17.6 Å². The molecule has 1 heterocycles. The van der Waals surface area contributed by atoms with Crippen LogP contribution in [0.15, 0.2) is 24.3 Å². The molecule has 0 bridgehead atoms. The van der Waals surface area contributed by atoms with Gasteiger partial charge in [-0.2, -0.15) is 0 Å². The number of benzene rings is 1. The third-order valence-electron chi connectivity index (χ3n) is 5.17. The standard InChI is InChI=1S/C23H34N2O6/c1-14(2)8-16-6-5-7-17(10-16)21(29)25-19(11-26)22(30)24-18(9-15(3)4)20(28)23(12-27)13-31-23/h5-7,10,14-15,18-19,26-27H,8-9,11-13H2,1-4H3,(H,24,30)(H,25,29)/t18?,19-,23?/m0/s1. The lowest BCUT2D eigenvalue weighted by Gasteiger charge is -2.24. The molecule has 8 heteroatoms. The second-order valence-electron chi connectivity index (χ2n) is 9.00. The lowest BCUT2D eigenvalue weighted by Crippen LogP contribution is -2.55. The molecule has 0 aliphatic carbocycles. The zero-order valence-corrected chi connectivity index (χ0v) is 18.7. The highest BCUT2D eigenvalue weighted by atomic mass is 16.6. The molecule has 1 aliphatic rings. The highest BCUT2D eigenvalue weighted by Crippen LogP contribution is 2.30. The summed E-state index contributed by atoms with van der Waals surface area (Å²) < 4.78 is 5.13. The zero-order valence-electron chi connectivity index (χ0n) is 18.7. The summed E-state index contributed by atoms with van der Waals surface area (Å²) in [5, 5.41) is 24.3. The Morgan fingerprint density at radius 3 is 2.26 bits per heavy atom. The number of amides is 2. The van der Waals surface area contributed by atoms with Crippen molar-refractivity contribution in [3.05, 3.63) is 35.4 Å². The second kappa shape index (κ2) is 10.8. The predicted octanol–water partition coefficient (Wildman–Crippen LogP) is 0.837. The number of aliphatic hydroxyl groups excluding tert-OH is 2. The first-order valence-electron chi connectivity index (χ1n) is 10.7. The Hall–Kier alpha value is -2.29. The molecule has 0 radical (unpaired) electrons. The predicted molar refractivity (Wildman–Crippen MR) is 115 cm³/mol. The van der Waals surface area contributed by atoms with E-state index in [4.69, 9.17) is 4.74 Å². The van der Waals surface area contributed by atoms with Gasteiger partial charge in [0.15, 0.2) is 11.4 Å². The molecule has 1 aromatic rings. The van der Waals surface area contributed by atoms with Gasteiger partial charge in [0, 0.05) is 5.56 Å². The van der Waals surface area contributed by atoms with E-state index >= 15 is 0 Å². The highest BCUT2D eigenvalue weighted by molar-refractivity contribution is 6.00. The number of ether oxygens (including phenoxy) is 1. The lowest BCUT2D eigenvalue weighted by molar-refractivity contribution is -0.133. The normalized spacial score (nSPS) is 19.7. The topological polar surface area (TPSA) is 128 Å². The molecule has 31 heavy (non-hydrogen) atoms. The molecule has 1 fully saturated rings. The molecule has 2 amide bonds. The summed E-state index contributed by atoms with van der Waals surface area (Å²) in [6.45, 7) is 7.02. The monoisotopic (exact) mass is 434 g/mol. The second-order valence-corrected chi connectivity index (χ2v) is 9.00. The number of carbonyl (C=O) groups excluding carboxylic acids is 3. The van der Waals surface area contributed by atoms with Crippen LogP contribution in [-0.2, 0) is 20.7 Å². The molecular formula is C23H34N2O6. The largest absolute Gasteiger partial charge is 0.394 e. The minimum Gasteiger partial charge on any atom is -0.394 e. The molecular weight excluding hydrogens is 400 g/mol. The average molecular weight is 435 g/mol. The van der Waals surface area contributed by atoms with Gasteiger partial charge < -0.3 is 25.6 Å². The van der Waals surface area contributed by atoms with Gasteiger partial charge in [-0.3, -0.25) is 14.4 Å². The summed E-state index contributed by atoms with van der Waals surface area (Å²) in [7, 11) is 0. The molecule has 172 valence electrons. The van der Waals surface area contributed by atoms with Crippen LogP contribution in [0.5, 0.6) is 0 Å². The van der Waals surface area contributed by atoms with E-state index in [1.165, 1.54) is 0 Å². The van der Waals surface area contributed by atoms with Crippen LogP contribution in [0.4, 0.5) is 0 Å². The number of Topliss-reactive ketones (excluding diaryl/α,β-unsaturated/α-hetero) is 1. The fourth-order valence-corrected chi connectivity index (χ4v) is 3.44. The van der Waals surface area contributed by atoms with Crippen LogP contribution in [0, 0.1) is 11.8 Å². The van der Waals surface area contributed by atoms with Gasteiger partial charge in [-0.1, -0.05) is 39.8 Å². The molecule has 1 aliphatic heterocycles. The van der Waals surface area contributed by atoms with Gasteiger partial charge in [0.2, 0.25) is 5.91 Å². The van der Waals surface area contributed by atoms with E-state index in [-0.39, 0.29) is 12.5 Å². The Bertz CT molecular complexity index is 788. The van der Waals surface area contributed by atoms with E-state index < -0.39 is 48.5 Å². The van der Waals surface area contributed by atoms with Crippen molar-refractivity contribution < 1.29 is 29.3 Å². The number of hydrogen-bond acceptors (Lipinski definition) is 6. The first kappa shape index (κ1) is 25.0. The van der Waals surface area contributed by atoms with Gasteiger partial charge in [0.25, 0.3) is 5.91 Å². The van der Waals surface area contributed by atoms with Crippen LogP contribution in [0.25, 0.3) is 0 Å². The van der Waals surface area contributed by atoms with E-state index in [0.717, 1.165) is 12.0 Å². The Morgan fingerprint density at radius 1 is 1.06 bits per heavy atom. The van der Waals surface area contributed by atoms with E-state index in [9.17, 15) is 24.6 Å². The lowest BCUT2D eigenvalue weighted by atomic mass is 9.92. The van der Waals surface area contributed by atoms with Gasteiger partial charge >= 0.3 is 0 Å². The van der Waals surface area contributed by atoms with Crippen LogP contribution in [0.1, 0.15) is 50.0 Å². The van der Waals surface area contributed by atoms with Crippen LogP contribution in [0.2, 0.25) is 0 Å². The number of hydrogen-bond donors (Lipinski definition) is 4. The Labute approximate surface area is 183 Å². The third-order valence-corrected chi connectivity index (χ3v) is 5.17. The molecule has 0 saturated carbocycles. The van der Waals surface area contributed by atoms with Crippen LogP contribution < -0.4 is 10.6 Å². The van der Waals surface area contributed by atoms with E-state index in [2.05, 4.69) is 24.5 Å². The summed E-state index contributed by atoms with van der Waals surface area (Å²) >= 11 is 0. The van der Waals surface area contributed by atoms with Crippen molar-refractivity contribution in [1.82, 2.24) is 10.6 Å². The number of epoxide rings is 1. The highest BCUT2D eigenvalue weighted by Gasteiger charge is 2.54. The minimum atomic E-state index is -1.26. The number of nitrogens with one attached hydrogen (secondary N) is 2. The molecule has 0 aromatic heterocycles. The van der Waals surface area contributed by atoms with Crippen molar-refractivity contribution in [1.29, 1.82) is 0 Å².